The van der Waals surface area contributed by atoms with E-state index in [-0.39, 0.29) is 12.4 Å². The van der Waals surface area contributed by atoms with Gasteiger partial charge in [-0.25, -0.2) is 0 Å². The van der Waals surface area contributed by atoms with Crippen LogP contribution in [0, 0.1) is 6.92 Å². The number of carbonyl (C=O) groups excluding carboxylic acids is 1. The summed E-state index contributed by atoms with van der Waals surface area (Å²) in [7, 11) is 0. The summed E-state index contributed by atoms with van der Waals surface area (Å²) in [6.07, 6.45) is 1.81. The Balaban J connectivity index is 1.98. The third-order valence-corrected chi connectivity index (χ3v) is 4.48. The Kier molecular flexibility index (Phi) is 4.80. The standard InChI is InChI=1S/C18H24N2O3/c1-12-5-6-16-15(9-12)14-3-2-4-17(23)18(14)20(16)11-13(22)10-19-7-8-21/h5-6,9,13,19,21-22H,2-4,7-8,10-11H2,1H3/t13-/m1/s1. The molecule has 1 heterocycles. The molecule has 1 aliphatic rings. The lowest BCUT2D eigenvalue weighted by molar-refractivity contribution is 0.0956. The molecule has 1 aromatic carbocycles. The number of nitrogens with zero attached hydrogens (tertiary/aromatic N) is 1. The van der Waals surface area contributed by atoms with Gasteiger partial charge >= 0.3 is 0 Å². The molecular formula is C18H24N2O3. The van der Waals surface area contributed by atoms with Gasteiger partial charge in [0.1, 0.15) is 0 Å². The molecule has 0 aliphatic heterocycles. The Morgan fingerprint density at radius 3 is 2.96 bits per heavy atom. The second-order valence-electron chi connectivity index (χ2n) is 6.32. The molecule has 0 saturated heterocycles. The number of aliphatic hydroxyl groups excluding tert-OH is 2. The molecule has 1 aromatic heterocycles. The Morgan fingerprint density at radius 2 is 2.17 bits per heavy atom. The number of hydrogen-bond donors (Lipinski definition) is 3. The number of aliphatic hydroxyl groups is 2. The van der Waals surface area contributed by atoms with E-state index in [0.717, 1.165) is 35.0 Å². The summed E-state index contributed by atoms with van der Waals surface area (Å²) in [5.41, 5.74) is 4.12. The number of carbonyl (C=O) groups is 1. The lowest BCUT2D eigenvalue weighted by Crippen LogP contribution is -2.32. The van der Waals surface area contributed by atoms with Crippen LogP contribution in [0.2, 0.25) is 0 Å². The van der Waals surface area contributed by atoms with Crippen molar-refractivity contribution in [1.29, 1.82) is 0 Å². The normalized spacial score (nSPS) is 15.9. The van der Waals surface area contributed by atoms with Crippen molar-refractivity contribution in [3.8, 4) is 0 Å². The van der Waals surface area contributed by atoms with Crippen molar-refractivity contribution in [2.45, 2.75) is 38.8 Å². The van der Waals surface area contributed by atoms with Gasteiger partial charge < -0.3 is 20.1 Å². The number of hydrogen-bond acceptors (Lipinski definition) is 4. The molecule has 23 heavy (non-hydrogen) atoms. The molecule has 2 aromatic rings. The van der Waals surface area contributed by atoms with Gasteiger partial charge in [0.15, 0.2) is 5.78 Å². The minimum absolute atomic E-state index is 0.0479. The van der Waals surface area contributed by atoms with E-state index >= 15 is 0 Å². The first-order valence-corrected chi connectivity index (χ1v) is 8.26. The molecular weight excluding hydrogens is 292 g/mol. The van der Waals surface area contributed by atoms with Crippen LogP contribution in [0.1, 0.15) is 34.5 Å². The van der Waals surface area contributed by atoms with E-state index in [2.05, 4.69) is 18.3 Å². The van der Waals surface area contributed by atoms with Crippen LogP contribution >= 0.6 is 0 Å². The highest BCUT2D eigenvalue weighted by Gasteiger charge is 2.26. The van der Waals surface area contributed by atoms with E-state index in [0.29, 0.717) is 26.1 Å². The third kappa shape index (κ3) is 3.17. The van der Waals surface area contributed by atoms with E-state index in [1.54, 1.807) is 0 Å². The summed E-state index contributed by atoms with van der Waals surface area (Å²) in [4.78, 5) is 12.5. The topological polar surface area (TPSA) is 74.5 Å². The van der Waals surface area contributed by atoms with E-state index in [1.165, 1.54) is 5.56 Å². The second-order valence-corrected chi connectivity index (χ2v) is 6.32. The summed E-state index contributed by atoms with van der Waals surface area (Å²) in [5.74, 6) is 0.177. The second kappa shape index (κ2) is 6.83. The van der Waals surface area contributed by atoms with E-state index < -0.39 is 6.10 Å². The van der Waals surface area contributed by atoms with E-state index in [1.807, 2.05) is 16.7 Å². The summed E-state index contributed by atoms with van der Waals surface area (Å²) in [6.45, 7) is 3.35. The van der Waals surface area contributed by atoms with Crippen molar-refractivity contribution in [1.82, 2.24) is 9.88 Å². The molecule has 5 heteroatoms. The van der Waals surface area contributed by atoms with Crippen LogP contribution in [0.4, 0.5) is 0 Å². The monoisotopic (exact) mass is 316 g/mol. The third-order valence-electron chi connectivity index (χ3n) is 4.48. The first-order valence-electron chi connectivity index (χ1n) is 8.26. The largest absolute Gasteiger partial charge is 0.395 e. The average molecular weight is 316 g/mol. The van der Waals surface area contributed by atoms with Gasteiger partial charge in [0.25, 0.3) is 0 Å². The Morgan fingerprint density at radius 1 is 1.35 bits per heavy atom. The van der Waals surface area contributed by atoms with Crippen molar-refractivity contribution in [3.05, 3.63) is 35.0 Å². The number of nitrogens with one attached hydrogen (secondary N) is 1. The molecule has 5 nitrogen and oxygen atoms in total. The highest BCUT2D eigenvalue weighted by molar-refractivity contribution is 6.04. The number of benzene rings is 1. The predicted octanol–water partition coefficient (Wildman–Crippen LogP) is 1.41. The van der Waals surface area contributed by atoms with Crippen molar-refractivity contribution in [2.75, 3.05) is 19.7 Å². The Bertz CT molecular complexity index is 721. The van der Waals surface area contributed by atoms with Gasteiger partial charge in [0.05, 0.1) is 24.9 Å². The molecule has 0 fully saturated rings. The molecule has 3 rings (SSSR count). The Hall–Kier alpha value is -1.69. The number of aryl methyl sites for hydroxylation is 2. The molecule has 0 radical (unpaired) electrons. The van der Waals surface area contributed by atoms with E-state index in [4.69, 9.17) is 5.11 Å². The van der Waals surface area contributed by atoms with Gasteiger partial charge in [-0.1, -0.05) is 11.6 Å². The predicted molar refractivity (Wildman–Crippen MR) is 89.9 cm³/mol. The molecule has 0 unspecified atom stereocenters. The molecule has 124 valence electrons. The van der Waals surface area contributed by atoms with Gasteiger partial charge in [0.2, 0.25) is 0 Å². The highest BCUT2D eigenvalue weighted by atomic mass is 16.3. The first-order chi connectivity index (χ1) is 11.1. The zero-order valence-corrected chi connectivity index (χ0v) is 13.5. The first kappa shape index (κ1) is 16.2. The zero-order valence-electron chi connectivity index (χ0n) is 13.5. The van der Waals surface area contributed by atoms with Crippen LogP contribution in [0.25, 0.3) is 10.9 Å². The number of Topliss-reactive ketones (excluding diaryl/α,β-unsaturated/α-hetero) is 1. The number of ketones is 1. The van der Waals surface area contributed by atoms with Gasteiger partial charge in [-0.3, -0.25) is 4.79 Å². The zero-order chi connectivity index (χ0) is 16.4. The molecule has 0 bridgehead atoms. The Labute approximate surface area is 135 Å². The summed E-state index contributed by atoms with van der Waals surface area (Å²) in [5, 5.41) is 23.2. The lowest BCUT2D eigenvalue weighted by atomic mass is 9.94. The average Bonchev–Trinajstić information content (AvgIpc) is 2.82. The van der Waals surface area contributed by atoms with Crippen molar-refractivity contribution >= 4 is 16.7 Å². The summed E-state index contributed by atoms with van der Waals surface area (Å²) >= 11 is 0. The molecule has 1 atom stereocenters. The van der Waals surface area contributed by atoms with Crippen LogP contribution in [-0.2, 0) is 13.0 Å². The smallest absolute Gasteiger partial charge is 0.179 e. The van der Waals surface area contributed by atoms with Gasteiger partial charge in [-0.2, -0.15) is 0 Å². The number of rotatable bonds is 6. The molecule has 0 amide bonds. The lowest BCUT2D eigenvalue weighted by Gasteiger charge is -2.18. The van der Waals surface area contributed by atoms with Crippen LogP contribution in [-0.4, -0.2) is 46.4 Å². The van der Waals surface area contributed by atoms with Crippen molar-refractivity contribution in [3.63, 3.8) is 0 Å². The minimum Gasteiger partial charge on any atom is -0.395 e. The van der Waals surface area contributed by atoms with Crippen molar-refractivity contribution < 1.29 is 15.0 Å². The highest BCUT2D eigenvalue weighted by Crippen LogP contribution is 2.33. The fourth-order valence-corrected chi connectivity index (χ4v) is 3.47. The molecule has 1 aliphatic carbocycles. The molecule has 0 spiro atoms. The van der Waals surface area contributed by atoms with Gasteiger partial charge in [-0.05, 0) is 37.5 Å². The maximum atomic E-state index is 12.5. The maximum absolute atomic E-state index is 12.5. The fraction of sp³-hybridized carbons (Fsp3) is 0.500. The van der Waals surface area contributed by atoms with Crippen LogP contribution < -0.4 is 5.32 Å². The van der Waals surface area contributed by atoms with Gasteiger partial charge in [-0.15, -0.1) is 0 Å². The summed E-state index contributed by atoms with van der Waals surface area (Å²) in [6, 6.07) is 6.23. The molecule has 0 saturated carbocycles. The minimum atomic E-state index is -0.600. The van der Waals surface area contributed by atoms with E-state index in [9.17, 15) is 9.90 Å². The van der Waals surface area contributed by atoms with Crippen LogP contribution in [0.15, 0.2) is 18.2 Å². The van der Waals surface area contributed by atoms with Crippen LogP contribution in [0.5, 0.6) is 0 Å². The fourth-order valence-electron chi connectivity index (χ4n) is 3.47. The summed E-state index contributed by atoms with van der Waals surface area (Å²) < 4.78 is 1.98. The van der Waals surface area contributed by atoms with Gasteiger partial charge in [0, 0.05) is 30.4 Å². The number of aromatic nitrogens is 1. The molecule has 3 N–H and O–H groups in total. The SMILES string of the molecule is Cc1ccc2c(c1)c1c(n2C[C@H](O)CNCCO)C(=O)CCC1. The maximum Gasteiger partial charge on any atom is 0.179 e. The van der Waals surface area contributed by atoms with Crippen molar-refractivity contribution in [2.24, 2.45) is 0 Å². The quantitative estimate of drug-likeness (QED) is 0.705. The van der Waals surface area contributed by atoms with Crippen LogP contribution in [0.3, 0.4) is 0 Å². The number of fused-ring (bicyclic) bond motifs is 3.